The van der Waals surface area contributed by atoms with Crippen LogP contribution in [0.1, 0.15) is 18.5 Å². The van der Waals surface area contributed by atoms with E-state index in [9.17, 15) is 27.9 Å². The second kappa shape index (κ2) is 5.54. The summed E-state index contributed by atoms with van der Waals surface area (Å²) in [6.07, 6.45) is -5.20. The van der Waals surface area contributed by atoms with Crippen molar-refractivity contribution in [3.8, 4) is 0 Å². The van der Waals surface area contributed by atoms with Crippen LogP contribution in [0.2, 0.25) is 0 Å². The molecular weight excluding hydrogens is 369 g/mol. The molecule has 1 heterocycles. The first-order chi connectivity index (χ1) is 10.1. The molecule has 1 aliphatic heterocycles. The Morgan fingerprint density at radius 2 is 2.05 bits per heavy atom. The van der Waals surface area contributed by atoms with E-state index in [2.05, 4.69) is 21.2 Å². The molecule has 3 atom stereocenters. The van der Waals surface area contributed by atoms with Crippen molar-refractivity contribution in [1.29, 1.82) is 0 Å². The molecule has 2 rings (SSSR count). The molecule has 0 aliphatic carbocycles. The number of aliphatic hydroxyl groups is 1. The topological polar surface area (TPSA) is 78.4 Å². The highest BCUT2D eigenvalue weighted by atomic mass is 79.9. The Morgan fingerprint density at radius 1 is 1.41 bits per heavy atom. The first-order valence-electron chi connectivity index (χ1n) is 6.20. The van der Waals surface area contributed by atoms with E-state index in [1.54, 1.807) is 12.1 Å². The predicted molar refractivity (Wildman–Crippen MR) is 73.7 cm³/mol. The largest absolute Gasteiger partial charge is 0.437 e. The summed E-state index contributed by atoms with van der Waals surface area (Å²) in [6.45, 7) is 0.936. The van der Waals surface area contributed by atoms with E-state index >= 15 is 0 Å². The maximum Gasteiger partial charge on any atom is 0.437 e. The molecule has 1 aromatic carbocycles. The molecule has 1 aliphatic rings. The van der Waals surface area contributed by atoms with Gasteiger partial charge in [0.15, 0.2) is 0 Å². The number of urea groups is 1. The lowest BCUT2D eigenvalue weighted by atomic mass is 9.79. The van der Waals surface area contributed by atoms with Crippen LogP contribution in [0.4, 0.5) is 18.0 Å². The maximum absolute atomic E-state index is 13.2. The van der Waals surface area contributed by atoms with Crippen molar-refractivity contribution in [2.45, 2.75) is 24.9 Å². The van der Waals surface area contributed by atoms with Gasteiger partial charge in [-0.2, -0.15) is 13.2 Å². The summed E-state index contributed by atoms with van der Waals surface area (Å²) in [5.41, 5.74) is -3.36. The van der Waals surface area contributed by atoms with Crippen molar-refractivity contribution in [2.24, 2.45) is 5.92 Å². The van der Waals surface area contributed by atoms with E-state index in [4.69, 9.17) is 0 Å². The number of nitrogens with one attached hydrogen (secondary N) is 2. The summed E-state index contributed by atoms with van der Waals surface area (Å²) in [5, 5.41) is 13.7. The Hall–Kier alpha value is -1.61. The molecule has 0 unspecified atom stereocenters. The van der Waals surface area contributed by atoms with Gasteiger partial charge in [-0.25, -0.2) is 4.79 Å². The molecule has 5 nitrogen and oxygen atoms in total. The van der Waals surface area contributed by atoms with Gasteiger partial charge < -0.3 is 15.7 Å². The van der Waals surface area contributed by atoms with E-state index in [0.29, 0.717) is 4.47 Å². The van der Waals surface area contributed by atoms with Gasteiger partial charge in [-0.3, -0.25) is 4.79 Å². The molecule has 1 saturated heterocycles. The van der Waals surface area contributed by atoms with Crippen LogP contribution in [0.3, 0.4) is 0 Å². The highest BCUT2D eigenvalue weighted by Gasteiger charge is 2.65. The predicted octanol–water partition coefficient (Wildman–Crippen LogP) is 2.26. The number of halogens is 4. The number of alkyl halides is 3. The van der Waals surface area contributed by atoms with Crippen LogP contribution in [-0.4, -0.2) is 28.8 Å². The van der Waals surface area contributed by atoms with Gasteiger partial charge in [-0.05, 0) is 24.6 Å². The van der Waals surface area contributed by atoms with E-state index in [1.807, 2.05) is 0 Å². The number of carbonyl (C=O) groups excluding carboxylic acids is 2. The van der Waals surface area contributed by atoms with Crippen molar-refractivity contribution >= 4 is 27.7 Å². The number of carbonyl (C=O) groups is 2. The molecule has 1 aromatic rings. The molecule has 9 heteroatoms. The minimum absolute atomic E-state index is 0.270. The molecule has 0 radical (unpaired) electrons. The average molecular weight is 381 g/mol. The third kappa shape index (κ3) is 2.82. The minimum atomic E-state index is -5.20. The standard InChI is InChI=1S/C13H12BrF3N2O3/c1-6(20)9-10(7-3-2-4-8(14)5-7)18-11(21)19-12(9,22)13(15,16)17/h2-5,9-10,22H,1H3,(H2,18,19,21)/t9-,10+,12+/m0/s1. The Kier molecular flexibility index (Phi) is 4.22. The van der Waals surface area contributed by atoms with Crippen LogP contribution < -0.4 is 10.6 Å². The zero-order chi connectivity index (χ0) is 16.7. The van der Waals surface area contributed by atoms with Crippen molar-refractivity contribution in [2.75, 3.05) is 0 Å². The lowest BCUT2D eigenvalue weighted by Crippen LogP contribution is -2.72. The second-order valence-electron chi connectivity index (χ2n) is 4.98. The number of benzene rings is 1. The fourth-order valence-corrected chi connectivity index (χ4v) is 2.92. The SMILES string of the molecule is CC(=O)[C@H]1[C@@H](c2cccc(Br)c2)NC(=O)N[C@]1(O)C(F)(F)F. The Labute approximate surface area is 132 Å². The van der Waals surface area contributed by atoms with Gasteiger partial charge in [-0.1, -0.05) is 28.1 Å². The fraction of sp³-hybridized carbons (Fsp3) is 0.385. The molecular formula is C13H12BrF3N2O3. The summed E-state index contributed by atoms with van der Waals surface area (Å²) >= 11 is 3.17. The summed E-state index contributed by atoms with van der Waals surface area (Å²) in [4.78, 5) is 23.3. The zero-order valence-electron chi connectivity index (χ0n) is 11.2. The smallest absolute Gasteiger partial charge is 0.363 e. The second-order valence-corrected chi connectivity index (χ2v) is 5.90. The Balaban J connectivity index is 2.57. The van der Waals surface area contributed by atoms with Crippen molar-refractivity contribution in [3.05, 3.63) is 34.3 Å². The molecule has 0 bridgehead atoms. The fourth-order valence-electron chi connectivity index (χ4n) is 2.50. The van der Waals surface area contributed by atoms with Gasteiger partial charge in [-0.15, -0.1) is 0 Å². The quantitative estimate of drug-likeness (QED) is 0.736. The van der Waals surface area contributed by atoms with E-state index in [0.717, 1.165) is 6.92 Å². The number of amides is 2. The van der Waals surface area contributed by atoms with E-state index in [1.165, 1.54) is 17.4 Å². The van der Waals surface area contributed by atoms with E-state index < -0.39 is 35.7 Å². The summed E-state index contributed by atoms with van der Waals surface area (Å²) < 4.78 is 40.2. The van der Waals surface area contributed by atoms with Crippen molar-refractivity contribution in [3.63, 3.8) is 0 Å². The number of ketones is 1. The van der Waals surface area contributed by atoms with Gasteiger partial charge >= 0.3 is 12.2 Å². The minimum Gasteiger partial charge on any atom is -0.363 e. The summed E-state index contributed by atoms with van der Waals surface area (Å²) in [6, 6.07) is 3.62. The molecule has 120 valence electrons. The van der Waals surface area contributed by atoms with Crippen LogP contribution in [0.15, 0.2) is 28.7 Å². The first-order valence-corrected chi connectivity index (χ1v) is 6.99. The third-order valence-electron chi connectivity index (χ3n) is 3.45. The highest BCUT2D eigenvalue weighted by molar-refractivity contribution is 9.10. The molecule has 22 heavy (non-hydrogen) atoms. The van der Waals surface area contributed by atoms with Crippen LogP contribution in [0.5, 0.6) is 0 Å². The molecule has 3 N–H and O–H groups in total. The van der Waals surface area contributed by atoms with Gasteiger partial charge in [0.05, 0.1) is 12.0 Å². The van der Waals surface area contributed by atoms with Crippen LogP contribution in [0, 0.1) is 5.92 Å². The van der Waals surface area contributed by atoms with Crippen LogP contribution >= 0.6 is 15.9 Å². The number of hydrogen-bond donors (Lipinski definition) is 3. The number of Topliss-reactive ketones (excluding diaryl/α,β-unsaturated/α-hetero) is 1. The monoisotopic (exact) mass is 380 g/mol. The Bertz CT molecular complexity index is 623. The Morgan fingerprint density at radius 3 is 2.55 bits per heavy atom. The maximum atomic E-state index is 13.2. The number of hydrogen-bond acceptors (Lipinski definition) is 3. The zero-order valence-corrected chi connectivity index (χ0v) is 12.8. The third-order valence-corrected chi connectivity index (χ3v) is 3.95. The van der Waals surface area contributed by atoms with E-state index in [-0.39, 0.29) is 5.56 Å². The molecule has 0 spiro atoms. The summed E-state index contributed by atoms with van der Waals surface area (Å²) in [7, 11) is 0. The number of rotatable bonds is 2. The molecule has 2 amide bonds. The van der Waals surface area contributed by atoms with Gasteiger partial charge in [0.25, 0.3) is 0 Å². The van der Waals surface area contributed by atoms with Crippen molar-refractivity contribution in [1.82, 2.24) is 10.6 Å². The normalized spacial score (nSPS) is 28.7. The molecule has 0 aromatic heterocycles. The van der Waals surface area contributed by atoms with Gasteiger partial charge in [0.2, 0.25) is 5.72 Å². The lowest BCUT2D eigenvalue weighted by molar-refractivity contribution is -0.290. The van der Waals surface area contributed by atoms with Crippen LogP contribution in [-0.2, 0) is 4.79 Å². The van der Waals surface area contributed by atoms with Gasteiger partial charge in [0.1, 0.15) is 5.78 Å². The summed E-state index contributed by atoms with van der Waals surface area (Å²) in [5.74, 6) is -2.82. The van der Waals surface area contributed by atoms with Crippen molar-refractivity contribution < 1.29 is 27.9 Å². The molecule has 1 fully saturated rings. The lowest BCUT2D eigenvalue weighted by Gasteiger charge is -2.44. The first kappa shape index (κ1) is 16.8. The highest BCUT2D eigenvalue weighted by Crippen LogP contribution is 2.43. The average Bonchev–Trinajstić information content (AvgIpc) is 2.35. The van der Waals surface area contributed by atoms with Gasteiger partial charge in [0, 0.05) is 4.47 Å². The van der Waals surface area contributed by atoms with Crippen LogP contribution in [0.25, 0.3) is 0 Å². The molecule has 0 saturated carbocycles.